The maximum atomic E-state index is 12.9. The summed E-state index contributed by atoms with van der Waals surface area (Å²) in [4.78, 5) is 19.7. The first-order chi connectivity index (χ1) is 14.2. The number of hydrogen-bond donors (Lipinski definition) is 0. The fourth-order valence-corrected chi connectivity index (χ4v) is 4.23. The molecule has 164 valence electrons. The number of imidazole rings is 1. The molecule has 1 fully saturated rings. The number of amides is 1. The Morgan fingerprint density at radius 2 is 1.90 bits per heavy atom. The van der Waals surface area contributed by atoms with Crippen LogP contribution in [0.25, 0.3) is 11.3 Å². The molecule has 0 spiro atoms. The van der Waals surface area contributed by atoms with Gasteiger partial charge in [-0.15, -0.1) is 0 Å². The summed E-state index contributed by atoms with van der Waals surface area (Å²) < 4.78 is 7.82. The van der Waals surface area contributed by atoms with Gasteiger partial charge in [-0.05, 0) is 44.7 Å². The van der Waals surface area contributed by atoms with Crippen LogP contribution >= 0.6 is 11.6 Å². The van der Waals surface area contributed by atoms with E-state index >= 15 is 0 Å². The van der Waals surface area contributed by atoms with Crippen molar-refractivity contribution in [3.05, 3.63) is 40.8 Å². The topological polar surface area (TPSA) is 47.4 Å². The quantitative estimate of drug-likeness (QED) is 0.614. The van der Waals surface area contributed by atoms with Gasteiger partial charge >= 0.3 is 0 Å². The van der Waals surface area contributed by atoms with Crippen LogP contribution in [0, 0.1) is 5.92 Å². The van der Waals surface area contributed by atoms with Gasteiger partial charge in [0, 0.05) is 50.0 Å². The van der Waals surface area contributed by atoms with E-state index in [1.165, 1.54) is 0 Å². The molecule has 30 heavy (non-hydrogen) atoms. The summed E-state index contributed by atoms with van der Waals surface area (Å²) in [6.07, 6.45) is 4.30. The van der Waals surface area contributed by atoms with Crippen molar-refractivity contribution < 1.29 is 9.53 Å². The smallest absolute Gasteiger partial charge is 0.255 e. The van der Waals surface area contributed by atoms with E-state index in [4.69, 9.17) is 21.3 Å². The second kappa shape index (κ2) is 9.52. The highest BCUT2D eigenvalue weighted by Gasteiger charge is 2.25. The summed E-state index contributed by atoms with van der Waals surface area (Å²) in [7, 11) is 0. The van der Waals surface area contributed by atoms with Crippen molar-refractivity contribution in [1.82, 2.24) is 14.5 Å². The van der Waals surface area contributed by atoms with Gasteiger partial charge in [-0.3, -0.25) is 4.79 Å². The Balaban J connectivity index is 1.97. The summed E-state index contributed by atoms with van der Waals surface area (Å²) >= 11 is 6.39. The van der Waals surface area contributed by atoms with Gasteiger partial charge in [-0.1, -0.05) is 38.4 Å². The number of carbonyl (C=O) groups is 1. The number of ether oxygens (including phenoxy) is 1. The summed E-state index contributed by atoms with van der Waals surface area (Å²) in [5.74, 6) is 1.63. The molecule has 0 saturated carbocycles. The maximum Gasteiger partial charge on any atom is 0.255 e. The molecule has 0 radical (unpaired) electrons. The lowest BCUT2D eigenvalue weighted by Crippen LogP contribution is -2.30. The molecule has 1 aromatic carbocycles. The second-order valence-corrected chi connectivity index (χ2v) is 9.49. The monoisotopic (exact) mass is 431 g/mol. The summed E-state index contributed by atoms with van der Waals surface area (Å²) in [6, 6.07) is 5.65. The van der Waals surface area contributed by atoms with Crippen LogP contribution in [-0.2, 0) is 16.7 Å². The molecular formula is C24H34ClN3O2. The third kappa shape index (κ3) is 5.06. The van der Waals surface area contributed by atoms with Gasteiger partial charge < -0.3 is 14.2 Å². The molecule has 2 heterocycles. The van der Waals surface area contributed by atoms with Crippen LogP contribution in [0.3, 0.4) is 0 Å². The molecule has 1 aliphatic rings. The van der Waals surface area contributed by atoms with Crippen molar-refractivity contribution in [3.8, 4) is 11.3 Å². The summed E-state index contributed by atoms with van der Waals surface area (Å²) in [6.45, 7) is 14.5. The molecule has 5 nitrogen and oxygen atoms in total. The number of aromatic nitrogens is 2. The average Bonchev–Trinajstić information content (AvgIpc) is 3.14. The fourth-order valence-electron chi connectivity index (χ4n) is 4.03. The zero-order valence-electron chi connectivity index (χ0n) is 18.9. The third-order valence-corrected chi connectivity index (χ3v) is 6.12. The Morgan fingerprint density at radius 1 is 1.23 bits per heavy atom. The standard InChI is InChI=1S/C24H34ClN3O2/c1-6-27(7-2)22(29)19-14-18(8-9-20(19)25)21-16-28(23(26-21)24(3,4)5)15-17-10-12-30-13-11-17/h8-9,14,16-17H,6-7,10-13,15H2,1-5H3. The number of benzene rings is 1. The normalized spacial score (nSPS) is 15.4. The number of nitrogens with zero attached hydrogens (tertiary/aromatic N) is 3. The van der Waals surface area contributed by atoms with Crippen LogP contribution in [0.4, 0.5) is 0 Å². The average molecular weight is 432 g/mol. The molecule has 6 heteroatoms. The molecule has 0 unspecified atom stereocenters. The molecular weight excluding hydrogens is 398 g/mol. The van der Waals surface area contributed by atoms with Gasteiger partial charge in [0.1, 0.15) is 5.82 Å². The second-order valence-electron chi connectivity index (χ2n) is 9.08. The van der Waals surface area contributed by atoms with Gasteiger partial charge in [0.2, 0.25) is 0 Å². The molecule has 2 aromatic rings. The number of hydrogen-bond acceptors (Lipinski definition) is 3. The first-order valence-corrected chi connectivity index (χ1v) is 11.4. The predicted octanol–water partition coefficient (Wildman–Crippen LogP) is 5.41. The highest BCUT2D eigenvalue weighted by Crippen LogP contribution is 2.30. The summed E-state index contributed by atoms with van der Waals surface area (Å²) in [5, 5.41) is 0.480. The van der Waals surface area contributed by atoms with Crippen LogP contribution < -0.4 is 0 Å². The van der Waals surface area contributed by atoms with Crippen molar-refractivity contribution in [2.24, 2.45) is 5.92 Å². The van der Waals surface area contributed by atoms with E-state index in [0.29, 0.717) is 29.6 Å². The van der Waals surface area contributed by atoms with Crippen molar-refractivity contribution in [1.29, 1.82) is 0 Å². The zero-order chi connectivity index (χ0) is 21.9. The minimum absolute atomic E-state index is 0.0375. The molecule has 0 aliphatic carbocycles. The third-order valence-electron chi connectivity index (χ3n) is 5.79. The lowest BCUT2D eigenvalue weighted by molar-refractivity contribution is 0.0607. The van der Waals surface area contributed by atoms with E-state index in [9.17, 15) is 4.79 Å². The van der Waals surface area contributed by atoms with Crippen molar-refractivity contribution in [2.45, 2.75) is 59.4 Å². The largest absolute Gasteiger partial charge is 0.381 e. The van der Waals surface area contributed by atoms with Crippen molar-refractivity contribution in [2.75, 3.05) is 26.3 Å². The molecule has 1 aliphatic heterocycles. The van der Waals surface area contributed by atoms with E-state index in [0.717, 1.165) is 49.7 Å². The van der Waals surface area contributed by atoms with Gasteiger partial charge in [0.15, 0.2) is 0 Å². The Morgan fingerprint density at radius 3 is 2.50 bits per heavy atom. The lowest BCUT2D eigenvalue weighted by atomic mass is 9.94. The number of rotatable bonds is 6. The Hall–Kier alpha value is -1.85. The Labute approximate surface area is 185 Å². The van der Waals surface area contributed by atoms with E-state index in [1.54, 1.807) is 4.90 Å². The van der Waals surface area contributed by atoms with Gasteiger partial charge in [0.05, 0.1) is 16.3 Å². The van der Waals surface area contributed by atoms with Crippen LogP contribution in [0.1, 0.15) is 63.6 Å². The van der Waals surface area contributed by atoms with Crippen LogP contribution in [0.5, 0.6) is 0 Å². The maximum absolute atomic E-state index is 12.9. The SMILES string of the molecule is CCN(CC)C(=O)c1cc(-c2cn(CC3CCOCC3)c(C(C)(C)C)n2)ccc1Cl. The minimum atomic E-state index is -0.0737. The molecule has 1 amide bonds. The van der Waals surface area contributed by atoms with E-state index in [-0.39, 0.29) is 11.3 Å². The fraction of sp³-hybridized carbons (Fsp3) is 0.583. The highest BCUT2D eigenvalue weighted by molar-refractivity contribution is 6.34. The van der Waals surface area contributed by atoms with E-state index < -0.39 is 0 Å². The Kier molecular flexibility index (Phi) is 7.25. The number of halogens is 1. The van der Waals surface area contributed by atoms with Crippen LogP contribution in [0.15, 0.2) is 24.4 Å². The van der Waals surface area contributed by atoms with Crippen LogP contribution in [0.2, 0.25) is 5.02 Å². The molecule has 0 atom stereocenters. The first kappa shape index (κ1) is 22.8. The van der Waals surface area contributed by atoms with Crippen molar-refractivity contribution in [3.63, 3.8) is 0 Å². The molecule has 1 saturated heterocycles. The molecule has 1 aromatic heterocycles. The molecule has 0 bridgehead atoms. The highest BCUT2D eigenvalue weighted by atomic mass is 35.5. The summed E-state index contributed by atoms with van der Waals surface area (Å²) in [5.41, 5.74) is 2.27. The lowest BCUT2D eigenvalue weighted by Gasteiger charge is -2.25. The van der Waals surface area contributed by atoms with Gasteiger partial charge in [-0.2, -0.15) is 0 Å². The zero-order valence-corrected chi connectivity index (χ0v) is 19.6. The Bertz CT molecular complexity index is 875. The van der Waals surface area contributed by atoms with E-state index in [1.807, 2.05) is 32.0 Å². The first-order valence-electron chi connectivity index (χ1n) is 11.0. The van der Waals surface area contributed by atoms with Crippen molar-refractivity contribution >= 4 is 17.5 Å². The molecule has 3 rings (SSSR count). The van der Waals surface area contributed by atoms with E-state index in [2.05, 4.69) is 31.5 Å². The number of carbonyl (C=O) groups excluding carboxylic acids is 1. The molecule has 0 N–H and O–H groups in total. The minimum Gasteiger partial charge on any atom is -0.381 e. The van der Waals surface area contributed by atoms with Gasteiger partial charge in [-0.25, -0.2) is 4.98 Å². The van der Waals surface area contributed by atoms with Crippen LogP contribution in [-0.4, -0.2) is 46.7 Å². The predicted molar refractivity (Wildman–Crippen MR) is 122 cm³/mol. The van der Waals surface area contributed by atoms with Gasteiger partial charge in [0.25, 0.3) is 5.91 Å².